The molecule has 8 bridgehead atoms. The van der Waals surface area contributed by atoms with Crippen LogP contribution < -0.4 is 0 Å². The summed E-state index contributed by atoms with van der Waals surface area (Å²) in [7, 11) is 0. The lowest BCUT2D eigenvalue weighted by molar-refractivity contribution is -0.00530. The van der Waals surface area contributed by atoms with E-state index in [1.807, 2.05) is 0 Å². The lowest BCUT2D eigenvalue weighted by Crippen LogP contribution is -2.48. The van der Waals surface area contributed by atoms with Crippen molar-refractivity contribution >= 4 is 21.9 Å². The topological polar surface area (TPSA) is 51.8 Å². The van der Waals surface area contributed by atoms with Crippen molar-refractivity contribution in [2.45, 2.75) is 87.9 Å². The third kappa shape index (κ3) is 6.03. The summed E-state index contributed by atoms with van der Waals surface area (Å²) in [6.07, 6.45) is 16.9. The maximum Gasteiger partial charge on any atom is 0.167 e. The van der Waals surface area contributed by atoms with Gasteiger partial charge in [-0.1, -0.05) is 115 Å². The lowest BCUT2D eigenvalue weighted by atomic mass is 9.48. The number of hydrogen-bond donors (Lipinski definition) is 0. The highest BCUT2D eigenvalue weighted by Gasteiger charge is 2.52. The quantitative estimate of drug-likeness (QED) is 0.161. The molecule has 4 nitrogen and oxygen atoms in total. The minimum absolute atomic E-state index is 0.341. The molecule has 6 aromatic carbocycles. The zero-order valence-corrected chi connectivity index (χ0v) is 36.0. The highest BCUT2D eigenvalue weighted by atomic mass is 16.3. The Balaban J connectivity index is 0.919. The molecule has 0 spiro atoms. The van der Waals surface area contributed by atoms with Gasteiger partial charge < -0.3 is 4.42 Å². The molecule has 0 aliphatic heterocycles. The molecule has 0 amide bonds. The second kappa shape index (κ2) is 13.8. The Bertz CT molecular complexity index is 2980. The fraction of sp³-hybridized carbons (Fsp3) is 0.339. The minimum Gasteiger partial charge on any atom is -0.455 e. The normalized spacial score (nSPS) is 29.0. The van der Waals surface area contributed by atoms with Crippen molar-refractivity contribution in [2.24, 2.45) is 35.5 Å². The molecule has 8 saturated carbocycles. The number of furan rings is 1. The van der Waals surface area contributed by atoms with E-state index in [0.717, 1.165) is 79.7 Å². The number of nitrogens with zero attached hydrogens (tertiary/aromatic N) is 3. The molecule has 0 radical (unpaired) electrons. The number of fused-ring (bicyclic) bond motifs is 3. The first-order chi connectivity index (χ1) is 31.0. The van der Waals surface area contributed by atoms with E-state index in [1.165, 1.54) is 99.3 Å². The SMILES string of the molecule is c1ccc(-c2ccc3oc4c(-c5nc(-c6ccccc6)nc(-c6ccc(C78CC9CC(CC(C9)C7)C8)cc6)n5)cc(-c5ccc(C67CC8CC(CC(C8)C6)C7)cc5)cc4c3c2)cc1. The van der Waals surface area contributed by atoms with Crippen molar-refractivity contribution in [1.29, 1.82) is 0 Å². The van der Waals surface area contributed by atoms with Gasteiger partial charge in [0.1, 0.15) is 11.2 Å². The van der Waals surface area contributed by atoms with E-state index >= 15 is 0 Å². The second-order valence-electron chi connectivity index (χ2n) is 21.3. The first-order valence-corrected chi connectivity index (χ1v) is 24.1. The molecule has 0 N–H and O–H groups in total. The highest BCUT2D eigenvalue weighted by molar-refractivity contribution is 6.12. The van der Waals surface area contributed by atoms with Crippen LogP contribution in [0.1, 0.15) is 88.2 Å². The van der Waals surface area contributed by atoms with Gasteiger partial charge in [-0.15, -0.1) is 0 Å². The second-order valence-corrected chi connectivity index (χ2v) is 21.3. The van der Waals surface area contributed by atoms with Crippen molar-refractivity contribution in [3.05, 3.63) is 151 Å². The first kappa shape index (κ1) is 36.6. The lowest BCUT2D eigenvalue weighted by Gasteiger charge is -2.57. The number of rotatable bonds is 7. The summed E-state index contributed by atoms with van der Waals surface area (Å²) in [5.41, 5.74) is 13.0. The predicted octanol–water partition coefficient (Wildman–Crippen LogP) is 15.0. The molecule has 16 rings (SSSR count). The van der Waals surface area contributed by atoms with Crippen molar-refractivity contribution in [1.82, 2.24) is 15.0 Å². The molecule has 0 unspecified atom stereocenters. The van der Waals surface area contributed by atoms with Gasteiger partial charge in [-0.25, -0.2) is 15.0 Å². The fourth-order valence-corrected chi connectivity index (χ4v) is 15.3. The molecule has 2 heterocycles. The van der Waals surface area contributed by atoms with Gasteiger partial charge in [-0.05, 0) is 181 Å². The van der Waals surface area contributed by atoms with E-state index in [1.54, 1.807) is 5.56 Å². The average molecular weight is 820 g/mol. The van der Waals surface area contributed by atoms with Crippen LogP contribution in [-0.4, -0.2) is 15.0 Å². The summed E-state index contributed by atoms with van der Waals surface area (Å²) < 4.78 is 6.90. The van der Waals surface area contributed by atoms with E-state index in [-0.39, 0.29) is 0 Å². The summed E-state index contributed by atoms with van der Waals surface area (Å²) >= 11 is 0. The Morgan fingerprint density at radius 2 is 0.778 bits per heavy atom. The van der Waals surface area contributed by atoms with Gasteiger partial charge in [0.25, 0.3) is 0 Å². The number of benzene rings is 6. The molecular formula is C59H53N3O. The van der Waals surface area contributed by atoms with Crippen molar-refractivity contribution in [3.63, 3.8) is 0 Å². The summed E-state index contributed by atoms with van der Waals surface area (Å²) in [6.45, 7) is 0. The van der Waals surface area contributed by atoms with E-state index in [9.17, 15) is 0 Å². The van der Waals surface area contributed by atoms with Crippen LogP contribution in [0.15, 0.2) is 144 Å². The molecule has 8 aliphatic rings. The number of hydrogen-bond acceptors (Lipinski definition) is 4. The van der Waals surface area contributed by atoms with Gasteiger partial charge in [0.15, 0.2) is 17.5 Å². The summed E-state index contributed by atoms with van der Waals surface area (Å²) in [4.78, 5) is 15.9. The molecule has 0 saturated heterocycles. The first-order valence-electron chi connectivity index (χ1n) is 24.1. The van der Waals surface area contributed by atoms with Gasteiger partial charge in [0.2, 0.25) is 0 Å². The maximum absolute atomic E-state index is 6.90. The van der Waals surface area contributed by atoms with E-state index in [0.29, 0.717) is 28.3 Å². The van der Waals surface area contributed by atoms with Gasteiger partial charge in [0, 0.05) is 21.9 Å². The predicted molar refractivity (Wildman–Crippen MR) is 254 cm³/mol. The molecule has 2 aromatic heterocycles. The van der Waals surface area contributed by atoms with E-state index in [4.69, 9.17) is 19.4 Å². The van der Waals surface area contributed by atoms with E-state index < -0.39 is 0 Å². The molecule has 310 valence electrons. The minimum atomic E-state index is 0.341. The largest absolute Gasteiger partial charge is 0.455 e. The molecule has 8 aliphatic carbocycles. The smallest absolute Gasteiger partial charge is 0.167 e. The van der Waals surface area contributed by atoms with Crippen LogP contribution in [0.25, 0.3) is 78.4 Å². The van der Waals surface area contributed by atoms with Crippen LogP contribution in [0.5, 0.6) is 0 Å². The molecule has 0 atom stereocenters. The molecule has 63 heavy (non-hydrogen) atoms. The molecule has 8 aromatic rings. The van der Waals surface area contributed by atoms with Crippen LogP contribution in [0.2, 0.25) is 0 Å². The summed E-state index contributed by atoms with van der Waals surface area (Å²) in [5, 5.41) is 2.17. The van der Waals surface area contributed by atoms with Crippen molar-refractivity contribution in [2.75, 3.05) is 0 Å². The van der Waals surface area contributed by atoms with Gasteiger partial charge in [-0.3, -0.25) is 0 Å². The Hall–Kier alpha value is -5.87. The highest BCUT2D eigenvalue weighted by Crippen LogP contribution is 2.62. The van der Waals surface area contributed by atoms with Crippen LogP contribution in [0.3, 0.4) is 0 Å². The van der Waals surface area contributed by atoms with Crippen LogP contribution in [-0.2, 0) is 10.8 Å². The van der Waals surface area contributed by atoms with Crippen molar-refractivity contribution < 1.29 is 4.42 Å². The fourth-order valence-electron chi connectivity index (χ4n) is 15.3. The Morgan fingerprint density at radius 3 is 1.30 bits per heavy atom. The third-order valence-corrected chi connectivity index (χ3v) is 17.2. The van der Waals surface area contributed by atoms with Crippen LogP contribution >= 0.6 is 0 Å². The summed E-state index contributed by atoms with van der Waals surface area (Å²) in [6, 6.07) is 51.3. The monoisotopic (exact) mass is 819 g/mol. The van der Waals surface area contributed by atoms with Gasteiger partial charge in [-0.2, -0.15) is 0 Å². The maximum atomic E-state index is 6.90. The molecular weight excluding hydrogens is 767 g/mol. The Labute approximate surface area is 370 Å². The van der Waals surface area contributed by atoms with Gasteiger partial charge >= 0.3 is 0 Å². The van der Waals surface area contributed by atoms with E-state index in [2.05, 4.69) is 140 Å². The van der Waals surface area contributed by atoms with Crippen molar-refractivity contribution in [3.8, 4) is 56.4 Å². The molecule has 8 fully saturated rings. The third-order valence-electron chi connectivity index (χ3n) is 17.2. The summed E-state index contributed by atoms with van der Waals surface area (Å²) in [5.74, 6) is 7.47. The zero-order chi connectivity index (χ0) is 41.3. The standard InChI is InChI=1S/C59H53N3O/c1-3-7-42(8-4-1)46-15-20-53-50(27-46)51-28-47(43-11-16-48(17-12-43)58-30-36-21-37(31-58)23-38(22-36)32-58)29-52(54(51)63-53)57-61-55(44-9-5-2-6-10-44)60-56(62-57)45-13-18-49(19-14-45)59-33-39-24-40(34-59)26-41(25-39)35-59/h1-20,27-29,36-41H,21-26,30-35H2. The zero-order valence-electron chi connectivity index (χ0n) is 36.0. The molecule has 4 heteroatoms. The number of aromatic nitrogens is 3. The van der Waals surface area contributed by atoms with Crippen LogP contribution in [0.4, 0.5) is 0 Å². The van der Waals surface area contributed by atoms with Gasteiger partial charge in [0.05, 0.1) is 5.56 Å². The van der Waals surface area contributed by atoms with Crippen LogP contribution in [0, 0.1) is 35.5 Å². The Morgan fingerprint density at radius 1 is 0.365 bits per heavy atom. The average Bonchev–Trinajstić information content (AvgIpc) is 3.69. The Kier molecular flexibility index (Phi) is 8.02.